The maximum absolute atomic E-state index is 6.14. The van der Waals surface area contributed by atoms with Crippen LogP contribution in [0, 0.1) is 0 Å². The zero-order valence-corrected chi connectivity index (χ0v) is 12.1. The second-order valence-corrected chi connectivity index (χ2v) is 7.01. The predicted molar refractivity (Wildman–Crippen MR) is 75.2 cm³/mol. The van der Waals surface area contributed by atoms with Gasteiger partial charge in [-0.1, -0.05) is 18.5 Å². The Labute approximate surface area is 112 Å². The van der Waals surface area contributed by atoms with Gasteiger partial charge in [0.05, 0.1) is 0 Å². The fourth-order valence-corrected chi connectivity index (χ4v) is 3.53. The highest BCUT2D eigenvalue weighted by atomic mass is 35.5. The molecule has 0 aromatic carbocycles. The molecule has 5 heteroatoms. The van der Waals surface area contributed by atoms with E-state index >= 15 is 0 Å². The minimum atomic E-state index is 0.278. The molecule has 17 heavy (non-hydrogen) atoms. The first-order valence-electron chi connectivity index (χ1n) is 5.92. The lowest BCUT2D eigenvalue weighted by atomic mass is 10.1. The van der Waals surface area contributed by atoms with Gasteiger partial charge in [-0.05, 0) is 20.3 Å². The Balaban J connectivity index is 2.30. The fourth-order valence-electron chi connectivity index (χ4n) is 2.16. The number of aromatic nitrogens is 2. The van der Waals surface area contributed by atoms with Crippen molar-refractivity contribution in [3.63, 3.8) is 0 Å². The third-order valence-corrected chi connectivity index (χ3v) is 4.57. The van der Waals surface area contributed by atoms with Crippen molar-refractivity contribution >= 4 is 29.2 Å². The van der Waals surface area contributed by atoms with Gasteiger partial charge in [-0.3, -0.25) is 0 Å². The highest BCUT2D eigenvalue weighted by molar-refractivity contribution is 8.00. The van der Waals surface area contributed by atoms with Crippen molar-refractivity contribution in [2.75, 3.05) is 23.7 Å². The monoisotopic (exact) mass is 271 g/mol. The quantitative estimate of drug-likeness (QED) is 0.774. The molecule has 1 aliphatic heterocycles. The zero-order chi connectivity index (χ0) is 12.5. The molecule has 0 N–H and O–H groups in total. The SMILES string of the molecule is CCc1c(Cl)ncnc1N1CCSC(C)(C)C1. The molecule has 1 saturated heterocycles. The second kappa shape index (κ2) is 5.02. The van der Waals surface area contributed by atoms with Crippen LogP contribution in [0.25, 0.3) is 0 Å². The summed E-state index contributed by atoms with van der Waals surface area (Å²) in [7, 11) is 0. The normalized spacial score (nSPS) is 19.4. The van der Waals surface area contributed by atoms with Gasteiger partial charge in [0.25, 0.3) is 0 Å². The number of rotatable bonds is 2. The van der Waals surface area contributed by atoms with E-state index in [1.54, 1.807) is 6.33 Å². The Hall–Kier alpha value is -0.480. The molecule has 2 rings (SSSR count). The van der Waals surface area contributed by atoms with E-state index in [-0.39, 0.29) is 4.75 Å². The van der Waals surface area contributed by atoms with E-state index in [2.05, 4.69) is 35.6 Å². The van der Waals surface area contributed by atoms with Gasteiger partial charge in [-0.25, -0.2) is 9.97 Å². The van der Waals surface area contributed by atoms with Crippen molar-refractivity contribution in [1.82, 2.24) is 9.97 Å². The van der Waals surface area contributed by atoms with Crippen LogP contribution in [0.3, 0.4) is 0 Å². The molecule has 0 amide bonds. The maximum atomic E-state index is 6.14. The van der Waals surface area contributed by atoms with E-state index in [0.717, 1.165) is 36.6 Å². The van der Waals surface area contributed by atoms with Crippen molar-refractivity contribution in [1.29, 1.82) is 0 Å². The van der Waals surface area contributed by atoms with Crippen LogP contribution < -0.4 is 4.90 Å². The average molecular weight is 272 g/mol. The molecule has 1 aromatic heterocycles. The average Bonchev–Trinajstić information content (AvgIpc) is 2.27. The number of halogens is 1. The van der Waals surface area contributed by atoms with Gasteiger partial charge in [0.1, 0.15) is 17.3 Å². The first kappa shape index (κ1) is 13.0. The molecule has 0 aliphatic carbocycles. The van der Waals surface area contributed by atoms with Crippen LogP contribution in [0.5, 0.6) is 0 Å². The Morgan fingerprint density at radius 1 is 1.47 bits per heavy atom. The Bertz CT molecular complexity index is 409. The lowest BCUT2D eigenvalue weighted by Crippen LogP contribution is -2.44. The minimum Gasteiger partial charge on any atom is -0.354 e. The molecule has 0 bridgehead atoms. The molecule has 3 nitrogen and oxygen atoms in total. The molecule has 1 fully saturated rings. The smallest absolute Gasteiger partial charge is 0.137 e. The van der Waals surface area contributed by atoms with E-state index < -0.39 is 0 Å². The van der Waals surface area contributed by atoms with Gasteiger partial charge in [0.2, 0.25) is 0 Å². The summed E-state index contributed by atoms with van der Waals surface area (Å²) in [6, 6.07) is 0. The lowest BCUT2D eigenvalue weighted by Gasteiger charge is -2.38. The molecule has 2 heterocycles. The standard InChI is InChI=1S/C12H18ClN3S/c1-4-9-10(13)14-8-15-11(9)16-5-6-17-12(2,3)7-16/h8H,4-7H2,1-3H3. The Morgan fingerprint density at radius 3 is 2.88 bits per heavy atom. The third kappa shape index (κ3) is 2.86. The summed E-state index contributed by atoms with van der Waals surface area (Å²) in [5.74, 6) is 2.15. The molecule has 0 spiro atoms. The van der Waals surface area contributed by atoms with E-state index in [4.69, 9.17) is 11.6 Å². The number of hydrogen-bond donors (Lipinski definition) is 0. The van der Waals surface area contributed by atoms with Crippen molar-refractivity contribution in [3.8, 4) is 0 Å². The van der Waals surface area contributed by atoms with Gasteiger partial charge in [-0.2, -0.15) is 11.8 Å². The molecular weight excluding hydrogens is 254 g/mol. The third-order valence-electron chi connectivity index (χ3n) is 2.95. The first-order valence-corrected chi connectivity index (χ1v) is 7.28. The van der Waals surface area contributed by atoms with E-state index in [9.17, 15) is 0 Å². The Morgan fingerprint density at radius 2 is 2.24 bits per heavy atom. The summed E-state index contributed by atoms with van der Waals surface area (Å²) >= 11 is 8.16. The number of anilines is 1. The summed E-state index contributed by atoms with van der Waals surface area (Å²) in [6.45, 7) is 8.70. The number of nitrogens with zero attached hydrogens (tertiary/aromatic N) is 3. The van der Waals surface area contributed by atoms with Crippen LogP contribution >= 0.6 is 23.4 Å². The van der Waals surface area contributed by atoms with E-state index in [1.807, 2.05) is 11.8 Å². The summed E-state index contributed by atoms with van der Waals surface area (Å²) in [4.78, 5) is 10.8. The topological polar surface area (TPSA) is 29.0 Å². The van der Waals surface area contributed by atoms with Crippen LogP contribution in [0.15, 0.2) is 6.33 Å². The van der Waals surface area contributed by atoms with E-state index in [1.165, 1.54) is 0 Å². The summed E-state index contributed by atoms with van der Waals surface area (Å²) < 4.78 is 0.278. The minimum absolute atomic E-state index is 0.278. The highest BCUT2D eigenvalue weighted by Crippen LogP contribution is 2.33. The van der Waals surface area contributed by atoms with Gasteiger partial charge in [0.15, 0.2) is 0 Å². The van der Waals surface area contributed by atoms with Crippen molar-refractivity contribution in [2.45, 2.75) is 31.9 Å². The van der Waals surface area contributed by atoms with Gasteiger partial charge in [-0.15, -0.1) is 0 Å². The van der Waals surface area contributed by atoms with Crippen molar-refractivity contribution < 1.29 is 0 Å². The van der Waals surface area contributed by atoms with Crippen LogP contribution in [-0.4, -0.2) is 33.6 Å². The van der Waals surface area contributed by atoms with Crippen LogP contribution in [0.2, 0.25) is 5.15 Å². The van der Waals surface area contributed by atoms with Crippen molar-refractivity contribution in [3.05, 3.63) is 17.0 Å². The molecular formula is C12H18ClN3S. The van der Waals surface area contributed by atoms with Crippen LogP contribution in [-0.2, 0) is 6.42 Å². The summed E-state index contributed by atoms with van der Waals surface area (Å²) in [5.41, 5.74) is 1.07. The number of hydrogen-bond acceptors (Lipinski definition) is 4. The number of thioether (sulfide) groups is 1. The van der Waals surface area contributed by atoms with Gasteiger partial charge >= 0.3 is 0 Å². The molecule has 1 aliphatic rings. The van der Waals surface area contributed by atoms with E-state index in [0.29, 0.717) is 5.15 Å². The second-order valence-electron chi connectivity index (χ2n) is 4.85. The predicted octanol–water partition coefficient (Wildman–Crippen LogP) is 3.02. The maximum Gasteiger partial charge on any atom is 0.137 e. The molecule has 1 aromatic rings. The molecule has 0 atom stereocenters. The molecule has 0 saturated carbocycles. The molecule has 0 radical (unpaired) electrons. The van der Waals surface area contributed by atoms with Gasteiger partial charge < -0.3 is 4.90 Å². The van der Waals surface area contributed by atoms with Crippen LogP contribution in [0.4, 0.5) is 5.82 Å². The highest BCUT2D eigenvalue weighted by Gasteiger charge is 2.29. The zero-order valence-electron chi connectivity index (χ0n) is 10.5. The molecule has 94 valence electrons. The van der Waals surface area contributed by atoms with Gasteiger partial charge in [0, 0.05) is 29.2 Å². The Kier molecular flexibility index (Phi) is 3.83. The van der Waals surface area contributed by atoms with Crippen LogP contribution in [0.1, 0.15) is 26.3 Å². The summed E-state index contributed by atoms with van der Waals surface area (Å²) in [6.07, 6.45) is 2.44. The lowest BCUT2D eigenvalue weighted by molar-refractivity contribution is 0.639. The molecule has 0 unspecified atom stereocenters. The largest absolute Gasteiger partial charge is 0.354 e. The first-order chi connectivity index (χ1) is 8.03. The fraction of sp³-hybridized carbons (Fsp3) is 0.667. The van der Waals surface area contributed by atoms with Crippen molar-refractivity contribution in [2.24, 2.45) is 0 Å². The summed E-state index contributed by atoms with van der Waals surface area (Å²) in [5, 5.41) is 0.591.